The van der Waals surface area contributed by atoms with Crippen LogP contribution < -0.4 is 5.32 Å². The first kappa shape index (κ1) is 12.4. The molecule has 0 fully saturated rings. The standard InChI is InChI=1S/C15H17N3S/c1-18-9-12(14-4-2-3-5-15(14)18)8-16-7-6-13-10-19-11-17-13/h2-5,9-11,16H,6-8H2,1H3. The van der Waals surface area contributed by atoms with Crippen molar-refractivity contribution in [2.45, 2.75) is 13.0 Å². The molecule has 0 aliphatic rings. The van der Waals surface area contributed by atoms with Gasteiger partial charge in [0.1, 0.15) is 0 Å². The number of benzene rings is 1. The van der Waals surface area contributed by atoms with Crippen LogP contribution in [0.15, 0.2) is 41.4 Å². The number of nitrogens with zero attached hydrogens (tertiary/aromatic N) is 2. The molecule has 1 N–H and O–H groups in total. The van der Waals surface area contributed by atoms with Crippen molar-refractivity contribution in [3.8, 4) is 0 Å². The Kier molecular flexibility index (Phi) is 3.62. The van der Waals surface area contributed by atoms with Gasteiger partial charge in [0.2, 0.25) is 0 Å². The van der Waals surface area contributed by atoms with E-state index >= 15 is 0 Å². The quantitative estimate of drug-likeness (QED) is 0.723. The molecule has 1 aromatic carbocycles. The maximum absolute atomic E-state index is 4.29. The highest BCUT2D eigenvalue weighted by molar-refractivity contribution is 7.07. The van der Waals surface area contributed by atoms with Crippen molar-refractivity contribution < 1.29 is 0 Å². The minimum Gasteiger partial charge on any atom is -0.350 e. The smallest absolute Gasteiger partial charge is 0.0794 e. The summed E-state index contributed by atoms with van der Waals surface area (Å²) in [6.45, 7) is 1.87. The molecule has 0 atom stereocenters. The third-order valence-electron chi connectivity index (χ3n) is 3.34. The predicted molar refractivity (Wildman–Crippen MR) is 80.4 cm³/mol. The Bertz CT molecular complexity index is 655. The zero-order valence-corrected chi connectivity index (χ0v) is 11.8. The molecule has 0 bridgehead atoms. The van der Waals surface area contributed by atoms with E-state index in [-0.39, 0.29) is 0 Å². The van der Waals surface area contributed by atoms with Gasteiger partial charge in [0, 0.05) is 49.0 Å². The lowest BCUT2D eigenvalue weighted by Gasteiger charge is -2.02. The lowest BCUT2D eigenvalue weighted by molar-refractivity contribution is 0.682. The molecule has 0 aliphatic carbocycles. The van der Waals surface area contributed by atoms with Gasteiger partial charge in [0.15, 0.2) is 0 Å². The Morgan fingerprint density at radius 3 is 3.05 bits per heavy atom. The number of fused-ring (bicyclic) bond motifs is 1. The van der Waals surface area contributed by atoms with E-state index in [9.17, 15) is 0 Å². The largest absolute Gasteiger partial charge is 0.350 e. The van der Waals surface area contributed by atoms with Crippen molar-refractivity contribution in [3.05, 3.63) is 52.6 Å². The molecule has 3 aromatic rings. The third kappa shape index (κ3) is 2.69. The summed E-state index contributed by atoms with van der Waals surface area (Å²) in [6.07, 6.45) is 3.20. The minimum absolute atomic E-state index is 0.908. The molecule has 19 heavy (non-hydrogen) atoms. The van der Waals surface area contributed by atoms with Crippen LogP contribution in [0.4, 0.5) is 0 Å². The Morgan fingerprint density at radius 2 is 2.21 bits per heavy atom. The Labute approximate surface area is 116 Å². The van der Waals surface area contributed by atoms with Gasteiger partial charge in [-0.05, 0) is 11.6 Å². The number of hydrogen-bond acceptors (Lipinski definition) is 3. The molecule has 0 amide bonds. The topological polar surface area (TPSA) is 29.9 Å². The molecule has 2 aromatic heterocycles. The number of hydrogen-bond donors (Lipinski definition) is 1. The van der Waals surface area contributed by atoms with Crippen molar-refractivity contribution >= 4 is 22.2 Å². The average Bonchev–Trinajstić information content (AvgIpc) is 3.04. The van der Waals surface area contributed by atoms with E-state index in [1.807, 2.05) is 5.51 Å². The van der Waals surface area contributed by atoms with Crippen LogP contribution in [-0.4, -0.2) is 16.1 Å². The minimum atomic E-state index is 0.908. The number of rotatable bonds is 5. The van der Waals surface area contributed by atoms with Crippen LogP contribution in [0.5, 0.6) is 0 Å². The molecule has 0 saturated heterocycles. The number of aryl methyl sites for hydroxylation is 1. The van der Waals surface area contributed by atoms with Gasteiger partial charge in [-0.1, -0.05) is 18.2 Å². The molecule has 0 unspecified atom stereocenters. The Morgan fingerprint density at radius 1 is 1.32 bits per heavy atom. The normalized spacial score (nSPS) is 11.2. The second-order valence-electron chi connectivity index (χ2n) is 4.69. The van der Waals surface area contributed by atoms with Gasteiger partial charge in [-0.25, -0.2) is 4.98 Å². The van der Waals surface area contributed by atoms with E-state index in [1.54, 1.807) is 11.3 Å². The summed E-state index contributed by atoms with van der Waals surface area (Å²) in [5.74, 6) is 0. The van der Waals surface area contributed by atoms with Crippen LogP contribution in [0.1, 0.15) is 11.3 Å². The Hall–Kier alpha value is -1.65. The fourth-order valence-electron chi connectivity index (χ4n) is 2.37. The SMILES string of the molecule is Cn1cc(CNCCc2cscn2)c2ccccc21. The summed E-state index contributed by atoms with van der Waals surface area (Å²) in [5.41, 5.74) is 5.71. The van der Waals surface area contributed by atoms with Gasteiger partial charge in [0.05, 0.1) is 11.2 Å². The van der Waals surface area contributed by atoms with Gasteiger partial charge in [0.25, 0.3) is 0 Å². The first-order valence-corrected chi connectivity index (χ1v) is 7.39. The molecule has 0 aliphatic heterocycles. The van der Waals surface area contributed by atoms with Crippen molar-refractivity contribution in [2.24, 2.45) is 7.05 Å². The Balaban J connectivity index is 1.62. The highest BCUT2D eigenvalue weighted by Gasteiger charge is 2.05. The van der Waals surface area contributed by atoms with Gasteiger partial charge < -0.3 is 9.88 Å². The van der Waals surface area contributed by atoms with E-state index in [4.69, 9.17) is 0 Å². The van der Waals surface area contributed by atoms with E-state index in [2.05, 4.69) is 57.8 Å². The third-order valence-corrected chi connectivity index (χ3v) is 3.97. The second kappa shape index (κ2) is 5.55. The van der Waals surface area contributed by atoms with Crippen molar-refractivity contribution in [1.29, 1.82) is 0 Å². The fraction of sp³-hybridized carbons (Fsp3) is 0.267. The fourth-order valence-corrected chi connectivity index (χ4v) is 2.96. The van der Waals surface area contributed by atoms with Crippen LogP contribution >= 0.6 is 11.3 Å². The number of para-hydroxylation sites is 1. The van der Waals surface area contributed by atoms with Crippen molar-refractivity contribution in [2.75, 3.05) is 6.54 Å². The van der Waals surface area contributed by atoms with Crippen molar-refractivity contribution in [3.63, 3.8) is 0 Å². The van der Waals surface area contributed by atoms with Crippen molar-refractivity contribution in [1.82, 2.24) is 14.9 Å². The number of nitrogens with one attached hydrogen (secondary N) is 1. The van der Waals surface area contributed by atoms with E-state index < -0.39 is 0 Å². The first-order valence-electron chi connectivity index (χ1n) is 6.45. The molecule has 3 nitrogen and oxygen atoms in total. The summed E-state index contributed by atoms with van der Waals surface area (Å²) in [4.78, 5) is 4.29. The van der Waals surface area contributed by atoms with Crippen LogP contribution in [0, 0.1) is 0 Å². The van der Waals surface area contributed by atoms with E-state index in [1.165, 1.54) is 22.2 Å². The second-order valence-corrected chi connectivity index (χ2v) is 5.41. The highest BCUT2D eigenvalue weighted by Crippen LogP contribution is 2.19. The van der Waals surface area contributed by atoms with Crippen LogP contribution in [0.3, 0.4) is 0 Å². The zero-order chi connectivity index (χ0) is 13.1. The van der Waals surface area contributed by atoms with Crippen LogP contribution in [0.2, 0.25) is 0 Å². The molecule has 4 heteroatoms. The highest BCUT2D eigenvalue weighted by atomic mass is 32.1. The molecule has 98 valence electrons. The van der Waals surface area contributed by atoms with Crippen LogP contribution in [-0.2, 0) is 20.0 Å². The molecule has 0 saturated carbocycles. The van der Waals surface area contributed by atoms with E-state index in [0.717, 1.165) is 19.5 Å². The lowest BCUT2D eigenvalue weighted by atomic mass is 10.2. The maximum Gasteiger partial charge on any atom is 0.0794 e. The van der Waals surface area contributed by atoms with Gasteiger partial charge in [-0.3, -0.25) is 0 Å². The summed E-state index contributed by atoms with van der Waals surface area (Å²) < 4.78 is 2.19. The molecule has 3 rings (SSSR count). The summed E-state index contributed by atoms with van der Waals surface area (Å²) in [6, 6.07) is 8.53. The molecule has 0 spiro atoms. The van der Waals surface area contributed by atoms with Gasteiger partial charge in [-0.2, -0.15) is 0 Å². The first-order chi connectivity index (χ1) is 9.34. The number of aromatic nitrogens is 2. The number of thiazole rings is 1. The monoisotopic (exact) mass is 271 g/mol. The summed E-state index contributed by atoms with van der Waals surface area (Å²) in [7, 11) is 2.10. The molecular formula is C15H17N3S. The predicted octanol–water partition coefficient (Wildman–Crippen LogP) is 2.97. The average molecular weight is 271 g/mol. The molecule has 0 radical (unpaired) electrons. The van der Waals surface area contributed by atoms with E-state index in [0.29, 0.717) is 0 Å². The maximum atomic E-state index is 4.29. The summed E-state index contributed by atoms with van der Waals surface area (Å²) >= 11 is 1.66. The molecule has 2 heterocycles. The van der Waals surface area contributed by atoms with Crippen LogP contribution in [0.25, 0.3) is 10.9 Å². The van der Waals surface area contributed by atoms with Gasteiger partial charge in [-0.15, -0.1) is 11.3 Å². The van der Waals surface area contributed by atoms with Gasteiger partial charge >= 0.3 is 0 Å². The summed E-state index contributed by atoms with van der Waals surface area (Å²) in [5, 5.41) is 6.95. The zero-order valence-electron chi connectivity index (χ0n) is 11.0. The molecular weight excluding hydrogens is 254 g/mol. The lowest BCUT2D eigenvalue weighted by Crippen LogP contribution is -2.16.